The highest BCUT2D eigenvalue weighted by Crippen LogP contribution is 2.23. The third kappa shape index (κ3) is 4.92. The number of hydrogen-bond acceptors (Lipinski definition) is 4. The Labute approximate surface area is 157 Å². The molecule has 4 nitrogen and oxygen atoms in total. The highest BCUT2D eigenvalue weighted by Gasteiger charge is 2.08. The molecule has 2 aromatic carbocycles. The Balaban J connectivity index is 1.53. The van der Waals surface area contributed by atoms with Crippen molar-refractivity contribution in [2.45, 2.75) is 26.3 Å². The summed E-state index contributed by atoms with van der Waals surface area (Å²) in [6, 6.07) is 17.3. The minimum atomic E-state index is -0.112. The molecule has 0 bridgehead atoms. The van der Waals surface area contributed by atoms with Gasteiger partial charge in [0.25, 0.3) is 5.91 Å². The molecule has 0 aliphatic heterocycles. The van der Waals surface area contributed by atoms with Crippen LogP contribution in [0.25, 0.3) is 10.6 Å². The van der Waals surface area contributed by atoms with Gasteiger partial charge in [-0.3, -0.25) is 4.79 Å². The quantitative estimate of drug-likeness (QED) is 0.576. The summed E-state index contributed by atoms with van der Waals surface area (Å²) in [5.41, 5.74) is 2.57. The molecule has 1 heterocycles. The Kier molecular flexibility index (Phi) is 6.39. The lowest BCUT2D eigenvalue weighted by atomic mass is 10.2. The van der Waals surface area contributed by atoms with Gasteiger partial charge in [0.1, 0.15) is 10.8 Å². The third-order valence-electron chi connectivity index (χ3n) is 3.89. The van der Waals surface area contributed by atoms with Gasteiger partial charge < -0.3 is 10.1 Å². The second kappa shape index (κ2) is 9.15. The Hall–Kier alpha value is -2.66. The largest absolute Gasteiger partial charge is 0.494 e. The number of nitrogens with zero attached hydrogens (tertiary/aromatic N) is 1. The van der Waals surface area contributed by atoms with Gasteiger partial charge in [-0.2, -0.15) is 0 Å². The first-order valence-electron chi connectivity index (χ1n) is 8.77. The van der Waals surface area contributed by atoms with Crippen molar-refractivity contribution in [1.29, 1.82) is 0 Å². The van der Waals surface area contributed by atoms with Crippen molar-refractivity contribution in [2.75, 3.05) is 6.61 Å². The van der Waals surface area contributed by atoms with Crippen molar-refractivity contribution >= 4 is 17.2 Å². The second-order valence-corrected chi connectivity index (χ2v) is 6.78. The summed E-state index contributed by atoms with van der Waals surface area (Å²) in [7, 11) is 0. The number of thiazole rings is 1. The van der Waals surface area contributed by atoms with Crippen molar-refractivity contribution < 1.29 is 9.53 Å². The molecule has 3 rings (SSSR count). The van der Waals surface area contributed by atoms with E-state index in [1.165, 1.54) is 0 Å². The van der Waals surface area contributed by atoms with E-state index in [9.17, 15) is 4.79 Å². The summed E-state index contributed by atoms with van der Waals surface area (Å²) < 4.78 is 5.61. The molecule has 0 fully saturated rings. The maximum Gasteiger partial charge on any atom is 0.251 e. The highest BCUT2D eigenvalue weighted by atomic mass is 32.1. The van der Waals surface area contributed by atoms with E-state index in [1.807, 2.05) is 47.8 Å². The van der Waals surface area contributed by atoms with Gasteiger partial charge in [-0.05, 0) is 30.7 Å². The van der Waals surface area contributed by atoms with Crippen LogP contribution in [0.1, 0.15) is 35.8 Å². The standard InChI is InChI=1S/C21H22N2O2S/c1-2-3-13-25-19-11-9-16(10-12-19)20(24)22-14-18-15-26-21(23-18)17-7-5-4-6-8-17/h4-12,15H,2-3,13-14H2,1H3,(H,22,24). The molecule has 0 aliphatic carbocycles. The number of rotatable bonds is 8. The summed E-state index contributed by atoms with van der Waals surface area (Å²) in [5.74, 6) is 0.682. The molecule has 5 heteroatoms. The molecule has 0 saturated heterocycles. The normalized spacial score (nSPS) is 10.5. The fourth-order valence-electron chi connectivity index (χ4n) is 2.41. The maximum atomic E-state index is 12.3. The van der Waals surface area contributed by atoms with Gasteiger partial charge in [0, 0.05) is 16.5 Å². The van der Waals surface area contributed by atoms with Gasteiger partial charge in [0.2, 0.25) is 0 Å². The average Bonchev–Trinajstić information content (AvgIpc) is 3.17. The predicted octanol–water partition coefficient (Wildman–Crippen LogP) is 4.92. The number of amides is 1. The van der Waals surface area contributed by atoms with Gasteiger partial charge >= 0.3 is 0 Å². The number of unbranched alkanes of at least 4 members (excludes halogenated alkanes) is 1. The van der Waals surface area contributed by atoms with E-state index >= 15 is 0 Å². The maximum absolute atomic E-state index is 12.3. The van der Waals surface area contributed by atoms with E-state index in [1.54, 1.807) is 23.5 Å². The second-order valence-electron chi connectivity index (χ2n) is 5.92. The van der Waals surface area contributed by atoms with Gasteiger partial charge in [-0.15, -0.1) is 11.3 Å². The van der Waals surface area contributed by atoms with Crippen LogP contribution in [0.15, 0.2) is 60.0 Å². The van der Waals surface area contributed by atoms with Crippen molar-refractivity contribution in [3.63, 3.8) is 0 Å². The Morgan fingerprint density at radius 1 is 1.12 bits per heavy atom. The number of nitrogens with one attached hydrogen (secondary N) is 1. The van der Waals surface area contributed by atoms with Crippen LogP contribution in [-0.2, 0) is 6.54 Å². The monoisotopic (exact) mass is 366 g/mol. The highest BCUT2D eigenvalue weighted by molar-refractivity contribution is 7.13. The fraction of sp³-hybridized carbons (Fsp3) is 0.238. The number of hydrogen-bond donors (Lipinski definition) is 1. The Morgan fingerprint density at radius 3 is 2.62 bits per heavy atom. The van der Waals surface area contributed by atoms with E-state index in [0.717, 1.165) is 34.9 Å². The van der Waals surface area contributed by atoms with E-state index in [4.69, 9.17) is 4.74 Å². The number of aromatic nitrogens is 1. The average molecular weight is 366 g/mol. The topological polar surface area (TPSA) is 51.2 Å². The lowest BCUT2D eigenvalue weighted by Gasteiger charge is -2.07. The molecule has 1 amide bonds. The number of carbonyl (C=O) groups excluding carboxylic acids is 1. The van der Waals surface area contributed by atoms with Crippen LogP contribution in [0.4, 0.5) is 0 Å². The van der Waals surface area contributed by atoms with Crippen LogP contribution in [-0.4, -0.2) is 17.5 Å². The molecular formula is C21H22N2O2S. The molecule has 0 saturated carbocycles. The summed E-state index contributed by atoms with van der Waals surface area (Å²) in [6.07, 6.45) is 2.13. The van der Waals surface area contributed by atoms with Crippen LogP contribution in [0.5, 0.6) is 5.75 Å². The van der Waals surface area contributed by atoms with Crippen molar-refractivity contribution in [2.24, 2.45) is 0 Å². The lowest BCUT2D eigenvalue weighted by Crippen LogP contribution is -2.22. The van der Waals surface area contributed by atoms with E-state index in [0.29, 0.717) is 18.7 Å². The van der Waals surface area contributed by atoms with Crippen molar-refractivity contribution in [1.82, 2.24) is 10.3 Å². The molecule has 26 heavy (non-hydrogen) atoms. The number of ether oxygens (including phenoxy) is 1. The summed E-state index contributed by atoms with van der Waals surface area (Å²) in [4.78, 5) is 16.9. The first-order valence-corrected chi connectivity index (χ1v) is 9.65. The molecule has 1 N–H and O–H groups in total. The van der Waals surface area contributed by atoms with Crippen LogP contribution >= 0.6 is 11.3 Å². The van der Waals surface area contributed by atoms with Gasteiger partial charge in [-0.25, -0.2) is 4.98 Å². The predicted molar refractivity (Wildman–Crippen MR) is 106 cm³/mol. The third-order valence-corrected chi connectivity index (χ3v) is 4.83. The lowest BCUT2D eigenvalue weighted by molar-refractivity contribution is 0.0950. The SMILES string of the molecule is CCCCOc1ccc(C(=O)NCc2csc(-c3ccccc3)n2)cc1. The van der Waals surface area contributed by atoms with E-state index in [-0.39, 0.29) is 5.91 Å². The molecule has 3 aromatic rings. The van der Waals surface area contributed by atoms with Crippen LogP contribution in [0.3, 0.4) is 0 Å². The van der Waals surface area contributed by atoms with Crippen LogP contribution in [0, 0.1) is 0 Å². The van der Waals surface area contributed by atoms with Crippen LogP contribution < -0.4 is 10.1 Å². The fourth-order valence-corrected chi connectivity index (χ4v) is 3.24. The van der Waals surface area contributed by atoms with Gasteiger partial charge in [0.15, 0.2) is 0 Å². The van der Waals surface area contributed by atoms with Crippen LogP contribution in [0.2, 0.25) is 0 Å². The molecule has 134 valence electrons. The number of benzene rings is 2. The molecular weight excluding hydrogens is 344 g/mol. The molecule has 0 atom stereocenters. The smallest absolute Gasteiger partial charge is 0.251 e. The van der Waals surface area contributed by atoms with Gasteiger partial charge in [0.05, 0.1) is 18.8 Å². The molecule has 0 unspecified atom stereocenters. The van der Waals surface area contributed by atoms with Gasteiger partial charge in [-0.1, -0.05) is 43.7 Å². The van der Waals surface area contributed by atoms with Crippen molar-refractivity contribution in [3.8, 4) is 16.3 Å². The zero-order chi connectivity index (χ0) is 18.2. The summed E-state index contributed by atoms with van der Waals surface area (Å²) in [5, 5.41) is 5.86. The Morgan fingerprint density at radius 2 is 1.88 bits per heavy atom. The summed E-state index contributed by atoms with van der Waals surface area (Å²) >= 11 is 1.58. The van der Waals surface area contributed by atoms with E-state index in [2.05, 4.69) is 17.2 Å². The molecule has 1 aromatic heterocycles. The first kappa shape index (κ1) is 18.1. The Bertz CT molecular complexity index is 829. The molecule has 0 aliphatic rings. The first-order chi connectivity index (χ1) is 12.8. The zero-order valence-electron chi connectivity index (χ0n) is 14.8. The minimum absolute atomic E-state index is 0.112. The number of carbonyl (C=O) groups is 1. The van der Waals surface area contributed by atoms with E-state index < -0.39 is 0 Å². The summed E-state index contributed by atoms with van der Waals surface area (Å²) in [6.45, 7) is 3.24. The zero-order valence-corrected chi connectivity index (χ0v) is 15.6. The van der Waals surface area contributed by atoms with Crippen molar-refractivity contribution in [3.05, 3.63) is 71.2 Å². The molecule has 0 radical (unpaired) electrons. The molecule has 0 spiro atoms. The minimum Gasteiger partial charge on any atom is -0.494 e.